The van der Waals surface area contributed by atoms with E-state index < -0.39 is 16.1 Å². The summed E-state index contributed by atoms with van der Waals surface area (Å²) in [5, 5.41) is 10.0. The summed E-state index contributed by atoms with van der Waals surface area (Å²) < 4.78 is 34.8. The number of hydrogen-bond donors (Lipinski definition) is 1. The number of nitrogens with zero attached hydrogens (tertiary/aromatic N) is 2. The SMILES string of the molecule is O=S(=O)(Cc1ccccc1)N1CCc2cc(O)ccc2C1c1ccc(OCCN2CCCC2)cc1. The van der Waals surface area contributed by atoms with Gasteiger partial charge in [-0.05, 0) is 78.9 Å². The van der Waals surface area contributed by atoms with Gasteiger partial charge < -0.3 is 9.84 Å². The van der Waals surface area contributed by atoms with Crippen molar-refractivity contribution in [3.05, 3.63) is 95.1 Å². The van der Waals surface area contributed by atoms with Crippen LogP contribution in [0.2, 0.25) is 0 Å². The van der Waals surface area contributed by atoms with Crippen LogP contribution in [0.15, 0.2) is 72.8 Å². The Labute approximate surface area is 207 Å². The molecule has 2 aliphatic heterocycles. The van der Waals surface area contributed by atoms with E-state index in [4.69, 9.17) is 4.74 Å². The van der Waals surface area contributed by atoms with E-state index in [1.807, 2.05) is 60.7 Å². The first-order chi connectivity index (χ1) is 17.0. The number of phenols is 1. The molecule has 0 saturated carbocycles. The fraction of sp³-hybridized carbons (Fsp3) is 0.357. The summed E-state index contributed by atoms with van der Waals surface area (Å²) >= 11 is 0. The molecule has 1 unspecified atom stereocenters. The van der Waals surface area contributed by atoms with Crippen LogP contribution in [0.3, 0.4) is 0 Å². The van der Waals surface area contributed by atoms with Gasteiger partial charge in [0, 0.05) is 13.1 Å². The molecule has 0 amide bonds. The maximum absolute atomic E-state index is 13.6. The molecule has 184 valence electrons. The molecule has 1 saturated heterocycles. The number of hydrogen-bond acceptors (Lipinski definition) is 5. The summed E-state index contributed by atoms with van der Waals surface area (Å²) in [6, 6.07) is 21.8. The van der Waals surface area contributed by atoms with Crippen molar-refractivity contribution in [1.82, 2.24) is 9.21 Å². The zero-order valence-corrected chi connectivity index (χ0v) is 20.7. The fourth-order valence-electron chi connectivity index (χ4n) is 5.15. The van der Waals surface area contributed by atoms with Gasteiger partial charge in [-0.3, -0.25) is 4.90 Å². The molecule has 0 bridgehead atoms. The van der Waals surface area contributed by atoms with E-state index in [9.17, 15) is 13.5 Å². The van der Waals surface area contributed by atoms with Crippen molar-refractivity contribution < 1.29 is 18.3 Å². The van der Waals surface area contributed by atoms with E-state index >= 15 is 0 Å². The molecule has 0 aromatic heterocycles. The summed E-state index contributed by atoms with van der Waals surface area (Å²) in [6.07, 6.45) is 3.09. The molecule has 3 aromatic carbocycles. The first-order valence-electron chi connectivity index (χ1n) is 12.3. The number of likely N-dealkylation sites (tertiary alicyclic amines) is 1. The summed E-state index contributed by atoms with van der Waals surface area (Å²) in [4.78, 5) is 2.41. The molecule has 3 aromatic rings. The Morgan fingerprint density at radius 2 is 1.66 bits per heavy atom. The standard InChI is InChI=1S/C28H32N2O4S/c31-25-10-13-27-24(20-25)14-17-30(35(32,33)21-22-6-2-1-3-7-22)28(27)23-8-11-26(12-9-23)34-19-18-29-15-4-5-16-29/h1-3,6-13,20,28,31H,4-5,14-19,21H2. The second-order valence-electron chi connectivity index (χ2n) is 9.35. The molecule has 7 heteroatoms. The number of aromatic hydroxyl groups is 1. The highest BCUT2D eigenvalue weighted by atomic mass is 32.2. The van der Waals surface area contributed by atoms with Crippen molar-refractivity contribution in [2.24, 2.45) is 0 Å². The van der Waals surface area contributed by atoms with Gasteiger partial charge in [0.15, 0.2) is 0 Å². The summed E-state index contributed by atoms with van der Waals surface area (Å²) in [5.41, 5.74) is 3.55. The van der Waals surface area contributed by atoms with Gasteiger partial charge >= 0.3 is 0 Å². The maximum atomic E-state index is 13.6. The zero-order valence-electron chi connectivity index (χ0n) is 19.8. The van der Waals surface area contributed by atoms with Crippen molar-refractivity contribution >= 4 is 10.0 Å². The predicted octanol–water partition coefficient (Wildman–Crippen LogP) is 4.34. The van der Waals surface area contributed by atoms with Crippen molar-refractivity contribution in [1.29, 1.82) is 0 Å². The van der Waals surface area contributed by atoms with Crippen molar-refractivity contribution in [2.75, 3.05) is 32.8 Å². The van der Waals surface area contributed by atoms with E-state index in [0.717, 1.165) is 47.6 Å². The minimum atomic E-state index is -3.59. The van der Waals surface area contributed by atoms with E-state index in [2.05, 4.69) is 4.90 Å². The Kier molecular flexibility index (Phi) is 7.09. The number of benzene rings is 3. The fourth-order valence-corrected chi connectivity index (χ4v) is 6.85. The second kappa shape index (κ2) is 10.4. The predicted molar refractivity (Wildman–Crippen MR) is 137 cm³/mol. The number of sulfonamides is 1. The van der Waals surface area contributed by atoms with Crippen LogP contribution in [-0.4, -0.2) is 55.5 Å². The summed E-state index contributed by atoms with van der Waals surface area (Å²) in [6.45, 7) is 4.22. The molecule has 1 N–H and O–H groups in total. The third-order valence-electron chi connectivity index (χ3n) is 6.93. The van der Waals surface area contributed by atoms with Crippen LogP contribution in [-0.2, 0) is 22.2 Å². The molecule has 35 heavy (non-hydrogen) atoms. The first-order valence-corrected chi connectivity index (χ1v) is 13.9. The van der Waals surface area contributed by atoms with Gasteiger partial charge in [-0.2, -0.15) is 4.31 Å². The maximum Gasteiger partial charge on any atom is 0.219 e. The van der Waals surface area contributed by atoms with Gasteiger partial charge in [-0.15, -0.1) is 0 Å². The van der Waals surface area contributed by atoms with E-state index in [1.54, 1.807) is 16.4 Å². The van der Waals surface area contributed by atoms with E-state index in [1.165, 1.54) is 12.8 Å². The molecular weight excluding hydrogens is 460 g/mol. The first kappa shape index (κ1) is 23.9. The Hall–Kier alpha value is -2.87. The number of phenolic OH excluding ortho intramolecular Hbond substituents is 1. The van der Waals surface area contributed by atoms with Gasteiger partial charge in [0.1, 0.15) is 18.1 Å². The summed E-state index contributed by atoms with van der Waals surface area (Å²) in [5.74, 6) is 0.938. The van der Waals surface area contributed by atoms with Crippen LogP contribution in [0.1, 0.15) is 41.1 Å². The number of ether oxygens (including phenoxy) is 1. The van der Waals surface area contributed by atoms with Gasteiger partial charge in [0.05, 0.1) is 11.8 Å². The second-order valence-corrected chi connectivity index (χ2v) is 11.3. The molecule has 0 radical (unpaired) electrons. The average molecular weight is 493 g/mol. The lowest BCUT2D eigenvalue weighted by molar-refractivity contribution is 0.237. The van der Waals surface area contributed by atoms with E-state index in [-0.39, 0.29) is 11.5 Å². The molecule has 1 fully saturated rings. The van der Waals surface area contributed by atoms with Crippen LogP contribution in [0.25, 0.3) is 0 Å². The van der Waals surface area contributed by atoms with Crippen LogP contribution in [0.4, 0.5) is 0 Å². The van der Waals surface area contributed by atoms with Crippen molar-refractivity contribution in [2.45, 2.75) is 31.1 Å². The third-order valence-corrected chi connectivity index (χ3v) is 8.74. The molecule has 5 rings (SSSR count). The normalized spacial score (nSPS) is 18.9. The quantitative estimate of drug-likeness (QED) is 0.507. The molecule has 0 spiro atoms. The largest absolute Gasteiger partial charge is 0.508 e. The Bertz CT molecular complexity index is 1240. The smallest absolute Gasteiger partial charge is 0.219 e. The lowest BCUT2D eigenvalue weighted by atomic mass is 9.89. The molecule has 2 aliphatic rings. The monoisotopic (exact) mass is 492 g/mol. The lowest BCUT2D eigenvalue weighted by Gasteiger charge is -2.37. The van der Waals surface area contributed by atoms with Crippen LogP contribution in [0.5, 0.6) is 11.5 Å². The minimum absolute atomic E-state index is 0.0462. The van der Waals surface area contributed by atoms with Crippen LogP contribution >= 0.6 is 0 Å². The van der Waals surface area contributed by atoms with Gasteiger partial charge in [-0.25, -0.2) is 8.42 Å². The third kappa shape index (κ3) is 5.53. The Balaban J connectivity index is 1.40. The molecule has 1 atom stereocenters. The lowest BCUT2D eigenvalue weighted by Crippen LogP contribution is -2.41. The van der Waals surface area contributed by atoms with Crippen LogP contribution in [0, 0.1) is 0 Å². The number of rotatable bonds is 8. The van der Waals surface area contributed by atoms with Crippen molar-refractivity contribution in [3.63, 3.8) is 0 Å². The molecule has 6 nitrogen and oxygen atoms in total. The molecular formula is C28H32N2O4S. The Morgan fingerprint density at radius 1 is 0.914 bits per heavy atom. The highest BCUT2D eigenvalue weighted by Gasteiger charge is 2.36. The van der Waals surface area contributed by atoms with Crippen LogP contribution < -0.4 is 4.74 Å². The van der Waals surface area contributed by atoms with Gasteiger partial charge in [0.2, 0.25) is 10.0 Å². The minimum Gasteiger partial charge on any atom is -0.508 e. The average Bonchev–Trinajstić information content (AvgIpc) is 3.37. The highest BCUT2D eigenvalue weighted by Crippen LogP contribution is 2.39. The topological polar surface area (TPSA) is 70.1 Å². The highest BCUT2D eigenvalue weighted by molar-refractivity contribution is 7.88. The zero-order chi connectivity index (χ0) is 24.3. The number of fused-ring (bicyclic) bond motifs is 1. The van der Waals surface area contributed by atoms with Gasteiger partial charge in [-0.1, -0.05) is 48.5 Å². The Morgan fingerprint density at radius 3 is 2.40 bits per heavy atom. The summed E-state index contributed by atoms with van der Waals surface area (Å²) in [7, 11) is -3.59. The van der Waals surface area contributed by atoms with Crippen molar-refractivity contribution in [3.8, 4) is 11.5 Å². The molecule has 2 heterocycles. The van der Waals surface area contributed by atoms with E-state index in [0.29, 0.717) is 19.6 Å². The van der Waals surface area contributed by atoms with Gasteiger partial charge in [0.25, 0.3) is 0 Å². The molecule has 0 aliphatic carbocycles.